The molecule has 1 aromatic rings. The molecule has 3 N–H and O–H groups in total. The molecule has 1 atom stereocenters. The van der Waals surface area contributed by atoms with Crippen molar-refractivity contribution in [1.29, 1.82) is 0 Å². The molecule has 1 rings (SSSR count). The summed E-state index contributed by atoms with van der Waals surface area (Å²) in [7, 11) is 0. The van der Waals surface area contributed by atoms with E-state index in [0.717, 1.165) is 10.4 Å². The molecule has 0 saturated heterocycles. The molecule has 0 aliphatic carbocycles. The lowest BCUT2D eigenvalue weighted by Gasteiger charge is -2.04. The Morgan fingerprint density at radius 1 is 1.82 bits per heavy atom. The number of thiophene rings is 1. The third-order valence-corrected chi connectivity index (χ3v) is 3.30. The van der Waals surface area contributed by atoms with Crippen LogP contribution in [0, 0.1) is 6.92 Å². The number of aliphatic hydroxyl groups excluding tert-OH is 1. The minimum Gasteiger partial charge on any atom is -0.394 e. The number of rotatable bonds is 2. The van der Waals surface area contributed by atoms with Crippen LogP contribution in [-0.4, -0.2) is 11.7 Å². The standard InChI is InChI=1S/C7H10ClNOS/c1-4-3-11-7(6(4)8)5(9)2-10/h3,5,10H,2,9H2,1H3/t5-/m1/s1. The van der Waals surface area contributed by atoms with Gasteiger partial charge in [-0.3, -0.25) is 0 Å². The summed E-state index contributed by atoms with van der Waals surface area (Å²) in [5.74, 6) is 0. The lowest BCUT2D eigenvalue weighted by molar-refractivity contribution is 0.269. The predicted octanol–water partition coefficient (Wildman–Crippen LogP) is 1.70. The van der Waals surface area contributed by atoms with Gasteiger partial charge in [-0.1, -0.05) is 11.6 Å². The monoisotopic (exact) mass is 191 g/mol. The van der Waals surface area contributed by atoms with E-state index in [1.165, 1.54) is 11.3 Å². The third kappa shape index (κ3) is 1.73. The molecule has 1 heterocycles. The quantitative estimate of drug-likeness (QED) is 0.748. The largest absolute Gasteiger partial charge is 0.394 e. The van der Waals surface area contributed by atoms with Gasteiger partial charge in [0.15, 0.2) is 0 Å². The molecule has 0 aliphatic heterocycles. The summed E-state index contributed by atoms with van der Waals surface area (Å²) in [4.78, 5) is 0.867. The van der Waals surface area contributed by atoms with Crippen molar-refractivity contribution in [3.8, 4) is 0 Å². The van der Waals surface area contributed by atoms with Gasteiger partial charge in [0.05, 0.1) is 17.7 Å². The average Bonchev–Trinajstić information content (AvgIpc) is 2.32. The number of hydrogen-bond donors (Lipinski definition) is 2. The van der Waals surface area contributed by atoms with E-state index in [-0.39, 0.29) is 12.6 Å². The molecule has 2 nitrogen and oxygen atoms in total. The lowest BCUT2D eigenvalue weighted by atomic mass is 10.2. The molecule has 62 valence electrons. The van der Waals surface area contributed by atoms with Crippen LogP contribution in [0.25, 0.3) is 0 Å². The van der Waals surface area contributed by atoms with E-state index in [0.29, 0.717) is 5.02 Å². The van der Waals surface area contributed by atoms with Gasteiger partial charge in [-0.25, -0.2) is 0 Å². The maximum atomic E-state index is 8.74. The Hall–Kier alpha value is -0.0900. The normalized spacial score (nSPS) is 13.5. The summed E-state index contributed by atoms with van der Waals surface area (Å²) in [6.45, 7) is 1.87. The molecule has 0 aliphatic rings. The Bertz CT molecular complexity index is 249. The number of nitrogens with two attached hydrogens (primary N) is 1. The first-order chi connectivity index (χ1) is 5.16. The van der Waals surface area contributed by atoms with Crippen LogP contribution in [0.3, 0.4) is 0 Å². The highest BCUT2D eigenvalue weighted by atomic mass is 35.5. The van der Waals surface area contributed by atoms with Crippen LogP contribution in [-0.2, 0) is 0 Å². The Morgan fingerprint density at radius 3 is 2.82 bits per heavy atom. The van der Waals surface area contributed by atoms with Gasteiger partial charge >= 0.3 is 0 Å². The molecular formula is C7H10ClNOS. The Kier molecular flexibility index (Phi) is 2.90. The fourth-order valence-electron chi connectivity index (χ4n) is 0.783. The topological polar surface area (TPSA) is 46.2 Å². The minimum atomic E-state index is -0.332. The zero-order valence-corrected chi connectivity index (χ0v) is 7.75. The van der Waals surface area contributed by atoms with E-state index in [2.05, 4.69) is 0 Å². The predicted molar refractivity (Wildman–Crippen MR) is 48.1 cm³/mol. The molecule has 4 heteroatoms. The molecule has 0 aromatic carbocycles. The van der Waals surface area contributed by atoms with Crippen molar-refractivity contribution < 1.29 is 5.11 Å². The Labute approximate surface area is 74.6 Å². The fourth-order valence-corrected chi connectivity index (χ4v) is 2.11. The molecule has 0 radical (unpaired) electrons. The van der Waals surface area contributed by atoms with E-state index in [4.69, 9.17) is 22.4 Å². The van der Waals surface area contributed by atoms with Crippen molar-refractivity contribution >= 4 is 22.9 Å². The van der Waals surface area contributed by atoms with E-state index < -0.39 is 0 Å². The SMILES string of the molecule is Cc1csc([C@H](N)CO)c1Cl. The van der Waals surface area contributed by atoms with E-state index in [1.54, 1.807) is 0 Å². The van der Waals surface area contributed by atoms with Crippen molar-refractivity contribution in [1.82, 2.24) is 0 Å². The second kappa shape index (κ2) is 3.54. The molecule has 0 amide bonds. The average molecular weight is 192 g/mol. The summed E-state index contributed by atoms with van der Waals surface area (Å²) in [6, 6.07) is -0.332. The van der Waals surface area contributed by atoms with E-state index in [1.807, 2.05) is 12.3 Å². The smallest absolute Gasteiger partial charge is 0.0639 e. The van der Waals surface area contributed by atoms with Crippen molar-refractivity contribution in [3.05, 3.63) is 20.8 Å². The minimum absolute atomic E-state index is 0.0559. The van der Waals surface area contributed by atoms with E-state index >= 15 is 0 Å². The van der Waals surface area contributed by atoms with Gasteiger partial charge in [0.25, 0.3) is 0 Å². The number of aliphatic hydroxyl groups is 1. The van der Waals surface area contributed by atoms with Crippen LogP contribution in [0.15, 0.2) is 5.38 Å². The summed E-state index contributed by atoms with van der Waals surface area (Å²) >= 11 is 7.39. The van der Waals surface area contributed by atoms with Gasteiger partial charge in [0.2, 0.25) is 0 Å². The van der Waals surface area contributed by atoms with E-state index in [9.17, 15) is 0 Å². The molecule has 0 fully saturated rings. The van der Waals surface area contributed by atoms with Crippen molar-refractivity contribution in [3.63, 3.8) is 0 Å². The van der Waals surface area contributed by atoms with Gasteiger partial charge in [-0.05, 0) is 17.9 Å². The van der Waals surface area contributed by atoms with Gasteiger partial charge in [-0.15, -0.1) is 11.3 Å². The first-order valence-electron chi connectivity index (χ1n) is 3.26. The summed E-state index contributed by atoms with van der Waals surface area (Å²) in [6.07, 6.45) is 0. The zero-order chi connectivity index (χ0) is 8.43. The molecule has 1 aromatic heterocycles. The molecule has 0 bridgehead atoms. The van der Waals surface area contributed by atoms with Crippen LogP contribution in [0.2, 0.25) is 5.02 Å². The molecular weight excluding hydrogens is 182 g/mol. The Balaban J connectivity index is 2.94. The first kappa shape index (κ1) is 9.00. The van der Waals surface area contributed by atoms with Crippen LogP contribution in [0.1, 0.15) is 16.5 Å². The van der Waals surface area contributed by atoms with Gasteiger partial charge in [0, 0.05) is 4.88 Å². The second-order valence-electron chi connectivity index (χ2n) is 2.39. The highest BCUT2D eigenvalue weighted by molar-refractivity contribution is 7.10. The van der Waals surface area contributed by atoms with Gasteiger partial charge in [-0.2, -0.15) is 0 Å². The van der Waals surface area contributed by atoms with Crippen molar-refractivity contribution in [2.45, 2.75) is 13.0 Å². The number of hydrogen-bond acceptors (Lipinski definition) is 3. The highest BCUT2D eigenvalue weighted by Crippen LogP contribution is 2.30. The first-order valence-corrected chi connectivity index (χ1v) is 4.52. The van der Waals surface area contributed by atoms with Gasteiger partial charge in [0.1, 0.15) is 0 Å². The van der Waals surface area contributed by atoms with Crippen molar-refractivity contribution in [2.75, 3.05) is 6.61 Å². The maximum Gasteiger partial charge on any atom is 0.0639 e. The lowest BCUT2D eigenvalue weighted by Crippen LogP contribution is -2.13. The molecule has 11 heavy (non-hydrogen) atoms. The van der Waals surface area contributed by atoms with Crippen molar-refractivity contribution in [2.24, 2.45) is 5.73 Å². The van der Waals surface area contributed by atoms with Gasteiger partial charge < -0.3 is 10.8 Å². The zero-order valence-electron chi connectivity index (χ0n) is 6.17. The number of aryl methyl sites for hydroxylation is 1. The Morgan fingerprint density at radius 2 is 2.45 bits per heavy atom. The highest BCUT2D eigenvalue weighted by Gasteiger charge is 2.12. The van der Waals surface area contributed by atoms with Crippen LogP contribution in [0.4, 0.5) is 0 Å². The number of halogens is 1. The summed E-state index contributed by atoms with van der Waals surface area (Å²) < 4.78 is 0. The third-order valence-electron chi connectivity index (χ3n) is 1.46. The van der Waals surface area contributed by atoms with Crippen LogP contribution in [0.5, 0.6) is 0 Å². The fraction of sp³-hybridized carbons (Fsp3) is 0.429. The van der Waals surface area contributed by atoms with Crippen LogP contribution < -0.4 is 5.73 Å². The molecule has 0 unspecified atom stereocenters. The maximum absolute atomic E-state index is 8.74. The molecule has 0 saturated carbocycles. The second-order valence-corrected chi connectivity index (χ2v) is 3.68. The van der Waals surface area contributed by atoms with Crippen LogP contribution >= 0.6 is 22.9 Å². The summed E-state index contributed by atoms with van der Waals surface area (Å²) in [5.41, 5.74) is 6.61. The molecule has 0 spiro atoms. The summed E-state index contributed by atoms with van der Waals surface area (Å²) in [5, 5.41) is 11.4.